The van der Waals surface area contributed by atoms with Gasteiger partial charge in [0.1, 0.15) is 5.75 Å². The zero-order valence-electron chi connectivity index (χ0n) is 15.2. The summed E-state index contributed by atoms with van der Waals surface area (Å²) in [5.74, 6) is -0.138. The largest absolute Gasteiger partial charge is 0.426 e. The van der Waals surface area contributed by atoms with Gasteiger partial charge in [-0.05, 0) is 60.4 Å². The Bertz CT molecular complexity index is 921. The van der Waals surface area contributed by atoms with Crippen LogP contribution in [-0.4, -0.2) is 16.9 Å². The third kappa shape index (κ3) is 5.81. The van der Waals surface area contributed by atoms with E-state index < -0.39 is 0 Å². The Morgan fingerprint density at radius 3 is 2.57 bits per heavy atom. The maximum absolute atomic E-state index is 12.0. The van der Waals surface area contributed by atoms with E-state index >= 15 is 0 Å². The number of halogens is 1. The third-order valence-corrected chi connectivity index (χ3v) is 5.50. The second kappa shape index (κ2) is 9.71. The van der Waals surface area contributed by atoms with Gasteiger partial charge in [0, 0.05) is 12.5 Å². The molecule has 1 heterocycles. The average molecular weight is 415 g/mol. The van der Waals surface area contributed by atoms with Crippen LogP contribution in [0.5, 0.6) is 5.75 Å². The lowest BCUT2D eigenvalue weighted by molar-refractivity contribution is -0.134. The maximum atomic E-state index is 12.0. The van der Waals surface area contributed by atoms with Crippen LogP contribution in [-0.2, 0) is 20.8 Å². The van der Waals surface area contributed by atoms with E-state index in [2.05, 4.69) is 12.1 Å². The number of benzene rings is 2. The second-order valence-corrected chi connectivity index (χ2v) is 7.94. The molecular formula is C22H19ClO4S. The fraction of sp³-hybridized carbons (Fsp3) is 0.227. The number of ether oxygens (including phenoxy) is 1. The Labute approximate surface area is 172 Å². The smallest absolute Gasteiger partial charge is 0.311 e. The Kier molecular flexibility index (Phi) is 7.06. The van der Waals surface area contributed by atoms with Crippen molar-refractivity contribution in [3.8, 4) is 5.75 Å². The molecule has 0 aromatic heterocycles. The van der Waals surface area contributed by atoms with Gasteiger partial charge in [0.2, 0.25) is 5.12 Å². The molecule has 2 aromatic carbocycles. The number of esters is 1. The molecule has 6 heteroatoms. The summed E-state index contributed by atoms with van der Waals surface area (Å²) in [6.45, 7) is 0. The first-order valence-electron chi connectivity index (χ1n) is 9.01. The first-order valence-corrected chi connectivity index (χ1v) is 10.2. The summed E-state index contributed by atoms with van der Waals surface area (Å²) in [5, 5.41) is 0.194. The Hall–Kier alpha value is -2.37. The number of thioether (sulfide) groups is 1. The molecule has 1 fully saturated rings. The van der Waals surface area contributed by atoms with Crippen molar-refractivity contribution in [3.63, 3.8) is 0 Å². The summed E-state index contributed by atoms with van der Waals surface area (Å²) < 4.78 is 5.34. The van der Waals surface area contributed by atoms with E-state index in [1.165, 1.54) is 5.56 Å². The number of hydrogen-bond acceptors (Lipinski definition) is 5. The first-order chi connectivity index (χ1) is 13.5. The number of Topliss-reactive ketones (excluding diaryl/α,β-unsaturated/α-hetero) is 1. The first kappa shape index (κ1) is 20.4. The Morgan fingerprint density at radius 1 is 1.11 bits per heavy atom. The lowest BCUT2D eigenvalue weighted by Gasteiger charge is -2.07. The van der Waals surface area contributed by atoms with Crippen LogP contribution in [0.4, 0.5) is 0 Å². The van der Waals surface area contributed by atoms with Crippen molar-refractivity contribution in [1.29, 1.82) is 0 Å². The molecular weight excluding hydrogens is 396 g/mol. The zero-order valence-corrected chi connectivity index (χ0v) is 16.7. The third-order valence-electron chi connectivity index (χ3n) is 4.23. The number of unbranched alkanes of at least 4 members (excludes halogenated alkanes) is 1. The van der Waals surface area contributed by atoms with Gasteiger partial charge in [0.15, 0.2) is 5.78 Å². The summed E-state index contributed by atoms with van der Waals surface area (Å²) in [5.41, 5.74) is 1.86. The molecule has 4 nitrogen and oxygen atoms in total. The second-order valence-electron chi connectivity index (χ2n) is 6.43. The summed E-state index contributed by atoms with van der Waals surface area (Å²) in [6.07, 6.45) is 4.45. The molecule has 0 spiro atoms. The van der Waals surface area contributed by atoms with Crippen molar-refractivity contribution in [2.24, 2.45) is 0 Å². The zero-order chi connectivity index (χ0) is 19.9. The Morgan fingerprint density at radius 2 is 1.89 bits per heavy atom. The van der Waals surface area contributed by atoms with Crippen LogP contribution in [0.15, 0.2) is 53.4 Å². The van der Waals surface area contributed by atoms with E-state index in [-0.39, 0.29) is 23.3 Å². The van der Waals surface area contributed by atoms with Gasteiger partial charge in [-0.1, -0.05) is 41.9 Å². The molecule has 3 rings (SSSR count). The Balaban J connectivity index is 1.50. The molecule has 0 saturated carbocycles. The van der Waals surface area contributed by atoms with Gasteiger partial charge in [0.05, 0.1) is 16.3 Å². The number of hydrogen-bond donors (Lipinski definition) is 0. The molecule has 0 N–H and O–H groups in total. The van der Waals surface area contributed by atoms with E-state index in [1.807, 2.05) is 18.2 Å². The molecule has 0 unspecified atom stereocenters. The lowest BCUT2D eigenvalue weighted by Crippen LogP contribution is -2.07. The van der Waals surface area contributed by atoms with Gasteiger partial charge in [0.25, 0.3) is 0 Å². The fourth-order valence-electron chi connectivity index (χ4n) is 2.80. The van der Waals surface area contributed by atoms with Gasteiger partial charge in [-0.2, -0.15) is 0 Å². The summed E-state index contributed by atoms with van der Waals surface area (Å²) in [7, 11) is 0. The molecule has 1 aliphatic rings. The molecule has 1 aliphatic heterocycles. The predicted molar refractivity (Wildman–Crippen MR) is 111 cm³/mol. The molecule has 0 aliphatic carbocycles. The highest BCUT2D eigenvalue weighted by molar-refractivity contribution is 8.18. The normalized spacial score (nSPS) is 15.2. The molecule has 2 aromatic rings. The quantitative estimate of drug-likeness (QED) is 0.204. The van der Waals surface area contributed by atoms with Gasteiger partial charge < -0.3 is 4.74 Å². The van der Waals surface area contributed by atoms with Crippen molar-refractivity contribution in [2.45, 2.75) is 32.1 Å². The standard InChI is InChI=1S/C22H19ClO4S/c23-18-13-17(11-10-16(18)12-20-19(24)14-22(26)28-20)27-21(25)9-5-4-8-15-6-2-1-3-7-15/h1-3,6-7,10-13H,4-5,8-9,14H2/b20-12-. The van der Waals surface area contributed by atoms with Crippen molar-refractivity contribution >= 4 is 46.3 Å². The summed E-state index contributed by atoms with van der Waals surface area (Å²) >= 11 is 7.16. The molecule has 0 radical (unpaired) electrons. The maximum Gasteiger partial charge on any atom is 0.311 e. The predicted octanol–water partition coefficient (Wildman–Crippen LogP) is 5.23. The molecule has 0 atom stereocenters. The van der Waals surface area contributed by atoms with Crippen LogP contribution < -0.4 is 4.74 Å². The topological polar surface area (TPSA) is 60.4 Å². The van der Waals surface area contributed by atoms with Crippen LogP contribution in [0.2, 0.25) is 5.02 Å². The van der Waals surface area contributed by atoms with Crippen LogP contribution in [0.1, 0.15) is 36.8 Å². The van der Waals surface area contributed by atoms with Crippen molar-refractivity contribution in [2.75, 3.05) is 0 Å². The minimum Gasteiger partial charge on any atom is -0.426 e. The van der Waals surface area contributed by atoms with Crippen molar-refractivity contribution in [1.82, 2.24) is 0 Å². The van der Waals surface area contributed by atoms with Crippen molar-refractivity contribution < 1.29 is 19.1 Å². The number of carbonyl (C=O) groups is 3. The number of aryl methyl sites for hydroxylation is 1. The highest BCUT2D eigenvalue weighted by Gasteiger charge is 2.26. The van der Waals surface area contributed by atoms with Gasteiger partial charge in [-0.25, -0.2) is 0 Å². The van der Waals surface area contributed by atoms with Gasteiger partial charge in [-0.15, -0.1) is 0 Å². The van der Waals surface area contributed by atoms with E-state index in [4.69, 9.17) is 16.3 Å². The molecule has 28 heavy (non-hydrogen) atoms. The van der Waals surface area contributed by atoms with Crippen LogP contribution in [0.25, 0.3) is 6.08 Å². The fourth-order valence-corrected chi connectivity index (χ4v) is 3.84. The van der Waals surface area contributed by atoms with E-state index in [0.717, 1.165) is 31.0 Å². The van der Waals surface area contributed by atoms with Crippen molar-refractivity contribution in [3.05, 3.63) is 69.6 Å². The van der Waals surface area contributed by atoms with Gasteiger partial charge >= 0.3 is 5.97 Å². The monoisotopic (exact) mass is 414 g/mol. The molecule has 0 amide bonds. The number of allylic oxidation sites excluding steroid dienone is 1. The highest BCUT2D eigenvalue weighted by Crippen LogP contribution is 2.33. The number of ketones is 1. The van der Waals surface area contributed by atoms with E-state index in [1.54, 1.807) is 24.3 Å². The molecule has 144 valence electrons. The minimum absolute atomic E-state index is 0.0753. The molecule has 1 saturated heterocycles. The SMILES string of the molecule is O=C(CCCCc1ccccc1)Oc1ccc(/C=C2\SC(=O)CC2=O)c(Cl)c1. The van der Waals surface area contributed by atoms with E-state index in [0.29, 0.717) is 27.7 Å². The lowest BCUT2D eigenvalue weighted by atomic mass is 10.1. The summed E-state index contributed by atoms with van der Waals surface area (Å²) in [6, 6.07) is 15.0. The molecule has 0 bridgehead atoms. The van der Waals surface area contributed by atoms with Gasteiger partial charge in [-0.3, -0.25) is 14.4 Å². The van der Waals surface area contributed by atoms with E-state index in [9.17, 15) is 14.4 Å². The van der Waals surface area contributed by atoms with Crippen LogP contribution >= 0.6 is 23.4 Å². The summed E-state index contributed by atoms with van der Waals surface area (Å²) in [4.78, 5) is 35.4. The number of carbonyl (C=O) groups excluding carboxylic acids is 3. The minimum atomic E-state index is -0.303. The highest BCUT2D eigenvalue weighted by atomic mass is 35.5. The van der Waals surface area contributed by atoms with Crippen LogP contribution in [0.3, 0.4) is 0 Å². The number of rotatable bonds is 7. The average Bonchev–Trinajstić information content (AvgIpc) is 2.99. The van der Waals surface area contributed by atoms with Crippen LogP contribution in [0, 0.1) is 0 Å².